The number of fused-ring (bicyclic) bond motifs is 1. The number of methoxy groups -OCH3 is 2. The number of likely N-dealkylation sites (tertiary alicyclic amines) is 1. The lowest BCUT2D eigenvalue weighted by Gasteiger charge is -2.32. The van der Waals surface area contributed by atoms with Crippen LogP contribution in [0.5, 0.6) is 11.5 Å². The molecule has 1 unspecified atom stereocenters. The van der Waals surface area contributed by atoms with Gasteiger partial charge >= 0.3 is 0 Å². The van der Waals surface area contributed by atoms with Crippen LogP contribution in [0, 0.1) is 0 Å². The van der Waals surface area contributed by atoms with Crippen molar-refractivity contribution in [1.82, 2.24) is 9.88 Å². The van der Waals surface area contributed by atoms with Crippen LogP contribution in [0.15, 0.2) is 42.5 Å². The molecule has 2 heterocycles. The molecule has 1 aliphatic rings. The molecular formula is C22H23ClN2O3. The maximum Gasteiger partial charge on any atom is 0.254 e. The zero-order valence-electron chi connectivity index (χ0n) is 16.0. The van der Waals surface area contributed by atoms with Crippen molar-refractivity contribution in [2.24, 2.45) is 0 Å². The fourth-order valence-corrected chi connectivity index (χ4v) is 4.06. The first-order valence-corrected chi connectivity index (χ1v) is 9.75. The lowest BCUT2D eigenvalue weighted by molar-refractivity contribution is 0.0705. The molecule has 1 atom stereocenters. The molecule has 0 bridgehead atoms. The minimum absolute atomic E-state index is 0.000977. The van der Waals surface area contributed by atoms with Gasteiger partial charge in [-0.1, -0.05) is 11.6 Å². The third-order valence-corrected chi connectivity index (χ3v) is 5.59. The largest absolute Gasteiger partial charge is 0.497 e. The highest BCUT2D eigenvalue weighted by Gasteiger charge is 2.27. The maximum atomic E-state index is 13.1. The van der Waals surface area contributed by atoms with Crippen molar-refractivity contribution in [2.75, 3.05) is 27.3 Å². The normalized spacial score (nSPS) is 17.0. The van der Waals surface area contributed by atoms with Gasteiger partial charge in [0.25, 0.3) is 5.91 Å². The van der Waals surface area contributed by atoms with E-state index in [9.17, 15) is 4.79 Å². The summed E-state index contributed by atoms with van der Waals surface area (Å²) in [5.41, 5.74) is 2.80. The Morgan fingerprint density at radius 1 is 1.11 bits per heavy atom. The molecule has 28 heavy (non-hydrogen) atoms. The van der Waals surface area contributed by atoms with Gasteiger partial charge in [-0.3, -0.25) is 4.79 Å². The average molecular weight is 399 g/mol. The van der Waals surface area contributed by atoms with E-state index in [2.05, 4.69) is 11.1 Å². The van der Waals surface area contributed by atoms with Crippen molar-refractivity contribution in [2.45, 2.75) is 18.8 Å². The number of nitrogens with one attached hydrogen (secondary N) is 1. The number of aromatic nitrogens is 1. The molecule has 146 valence electrons. The van der Waals surface area contributed by atoms with Crippen molar-refractivity contribution in [1.29, 1.82) is 0 Å². The fourth-order valence-electron chi connectivity index (χ4n) is 3.87. The maximum absolute atomic E-state index is 13.1. The second kappa shape index (κ2) is 7.76. The average Bonchev–Trinajstić information content (AvgIpc) is 3.16. The van der Waals surface area contributed by atoms with Crippen LogP contribution in [-0.2, 0) is 0 Å². The summed E-state index contributed by atoms with van der Waals surface area (Å²) < 4.78 is 10.6. The SMILES string of the molecule is COc1cc(OC)cc(C(=O)N2CCCC(c3cc4cc(Cl)ccc4[nH]3)C2)c1. The van der Waals surface area contributed by atoms with Crippen molar-refractivity contribution in [3.63, 3.8) is 0 Å². The number of amides is 1. The van der Waals surface area contributed by atoms with E-state index in [0.29, 0.717) is 23.6 Å². The van der Waals surface area contributed by atoms with Crippen LogP contribution in [-0.4, -0.2) is 43.1 Å². The number of halogens is 1. The topological polar surface area (TPSA) is 54.6 Å². The van der Waals surface area contributed by atoms with Crippen molar-refractivity contribution in [3.05, 3.63) is 58.7 Å². The van der Waals surface area contributed by atoms with E-state index >= 15 is 0 Å². The first kappa shape index (κ1) is 18.7. The predicted molar refractivity (Wildman–Crippen MR) is 111 cm³/mol. The fraction of sp³-hybridized carbons (Fsp3) is 0.318. The van der Waals surface area contributed by atoms with Crippen LogP contribution >= 0.6 is 11.6 Å². The summed E-state index contributed by atoms with van der Waals surface area (Å²) in [7, 11) is 3.17. The van der Waals surface area contributed by atoms with Gasteiger partial charge in [0.05, 0.1) is 14.2 Å². The number of hydrogen-bond donors (Lipinski definition) is 1. The molecule has 4 rings (SSSR count). The third kappa shape index (κ3) is 3.67. The number of rotatable bonds is 4. The summed E-state index contributed by atoms with van der Waals surface area (Å²) in [5.74, 6) is 1.50. The first-order valence-electron chi connectivity index (χ1n) is 9.38. The molecule has 3 aromatic rings. The highest BCUT2D eigenvalue weighted by Crippen LogP contribution is 2.31. The van der Waals surface area contributed by atoms with Gasteiger partial charge in [-0.15, -0.1) is 0 Å². The Bertz CT molecular complexity index is 992. The van der Waals surface area contributed by atoms with Gasteiger partial charge in [0.2, 0.25) is 0 Å². The zero-order valence-corrected chi connectivity index (χ0v) is 16.8. The van der Waals surface area contributed by atoms with Gasteiger partial charge < -0.3 is 19.4 Å². The summed E-state index contributed by atoms with van der Waals surface area (Å²) in [6.45, 7) is 1.43. The van der Waals surface area contributed by atoms with E-state index < -0.39 is 0 Å². The Morgan fingerprint density at radius 2 is 1.86 bits per heavy atom. The molecule has 5 nitrogen and oxygen atoms in total. The Morgan fingerprint density at radius 3 is 2.57 bits per heavy atom. The zero-order chi connectivity index (χ0) is 19.7. The van der Waals surface area contributed by atoms with Gasteiger partial charge in [-0.05, 0) is 49.2 Å². The Hall–Kier alpha value is -2.66. The lowest BCUT2D eigenvalue weighted by Crippen LogP contribution is -2.39. The first-order chi connectivity index (χ1) is 13.6. The number of piperidine rings is 1. The molecule has 1 saturated heterocycles. The number of carbonyl (C=O) groups excluding carboxylic acids is 1. The third-order valence-electron chi connectivity index (χ3n) is 5.35. The molecule has 1 amide bonds. The van der Waals surface area contributed by atoms with Gasteiger partial charge in [0, 0.05) is 52.3 Å². The lowest BCUT2D eigenvalue weighted by atomic mass is 9.94. The van der Waals surface area contributed by atoms with Gasteiger partial charge in [-0.25, -0.2) is 0 Å². The summed E-state index contributed by atoms with van der Waals surface area (Å²) >= 11 is 6.11. The molecular weight excluding hydrogens is 376 g/mol. The number of carbonyl (C=O) groups is 1. The number of hydrogen-bond acceptors (Lipinski definition) is 3. The molecule has 0 radical (unpaired) electrons. The highest BCUT2D eigenvalue weighted by atomic mass is 35.5. The van der Waals surface area contributed by atoms with Crippen molar-refractivity contribution in [3.8, 4) is 11.5 Å². The monoisotopic (exact) mass is 398 g/mol. The molecule has 2 aromatic carbocycles. The number of H-pyrrole nitrogens is 1. The van der Waals surface area contributed by atoms with Gasteiger partial charge in [0.1, 0.15) is 11.5 Å². The second-order valence-corrected chi connectivity index (χ2v) is 7.58. The predicted octanol–water partition coefficient (Wildman–Crippen LogP) is 4.86. The molecule has 1 N–H and O–H groups in total. The number of nitrogens with zero attached hydrogens (tertiary/aromatic N) is 1. The Kier molecular flexibility index (Phi) is 5.18. The van der Waals surface area contributed by atoms with Gasteiger partial charge in [0.15, 0.2) is 0 Å². The molecule has 1 aromatic heterocycles. The summed E-state index contributed by atoms with van der Waals surface area (Å²) in [4.78, 5) is 18.5. The van der Waals surface area contributed by atoms with Crippen LogP contribution in [0.4, 0.5) is 0 Å². The van der Waals surface area contributed by atoms with E-state index in [4.69, 9.17) is 21.1 Å². The molecule has 6 heteroatoms. The minimum Gasteiger partial charge on any atom is -0.497 e. The van der Waals surface area contributed by atoms with Crippen LogP contribution < -0.4 is 9.47 Å². The van der Waals surface area contributed by atoms with E-state index in [0.717, 1.165) is 41.0 Å². The number of benzene rings is 2. The van der Waals surface area contributed by atoms with Crippen molar-refractivity contribution < 1.29 is 14.3 Å². The number of ether oxygens (including phenoxy) is 2. The van der Waals surface area contributed by atoms with Crippen LogP contribution in [0.2, 0.25) is 5.02 Å². The molecule has 1 aliphatic heterocycles. The number of aromatic amines is 1. The van der Waals surface area contributed by atoms with Crippen molar-refractivity contribution >= 4 is 28.4 Å². The second-order valence-electron chi connectivity index (χ2n) is 7.15. The Balaban J connectivity index is 1.57. The van der Waals surface area contributed by atoms with E-state index in [-0.39, 0.29) is 11.8 Å². The van der Waals surface area contributed by atoms with E-state index in [1.165, 1.54) is 0 Å². The highest BCUT2D eigenvalue weighted by molar-refractivity contribution is 6.31. The molecule has 1 fully saturated rings. The quantitative estimate of drug-likeness (QED) is 0.682. The Labute approximate surface area is 169 Å². The smallest absolute Gasteiger partial charge is 0.254 e. The van der Waals surface area contributed by atoms with Crippen LogP contribution in [0.1, 0.15) is 34.8 Å². The van der Waals surface area contributed by atoms with Crippen LogP contribution in [0.3, 0.4) is 0 Å². The summed E-state index contributed by atoms with van der Waals surface area (Å²) in [5, 5.41) is 1.83. The van der Waals surface area contributed by atoms with Gasteiger partial charge in [-0.2, -0.15) is 0 Å². The van der Waals surface area contributed by atoms with E-state index in [1.54, 1.807) is 32.4 Å². The summed E-state index contributed by atoms with van der Waals surface area (Å²) in [6.07, 6.45) is 2.01. The minimum atomic E-state index is 0.000977. The summed E-state index contributed by atoms with van der Waals surface area (Å²) in [6, 6.07) is 13.3. The molecule has 0 saturated carbocycles. The van der Waals surface area contributed by atoms with E-state index in [1.807, 2.05) is 23.1 Å². The molecule has 0 spiro atoms. The standard InChI is InChI=1S/C22H23ClN2O3/c1-27-18-9-16(10-19(12-18)28-2)22(26)25-7-3-4-14(13-25)21-11-15-8-17(23)5-6-20(15)24-21/h5-6,8-12,14,24H,3-4,7,13H2,1-2H3. The molecule has 0 aliphatic carbocycles. The van der Waals surface area contributed by atoms with Crippen LogP contribution in [0.25, 0.3) is 10.9 Å².